The van der Waals surface area contributed by atoms with Crippen LogP contribution in [0.5, 0.6) is 0 Å². The zero-order valence-electron chi connectivity index (χ0n) is 9.30. The average Bonchev–Trinajstić information content (AvgIpc) is 2.63. The molecule has 2 heteroatoms. The zero-order valence-corrected chi connectivity index (χ0v) is 9.30. The smallest absolute Gasteiger partial charge is 0.0469 e. The Labute approximate surface area is 87.2 Å². The van der Waals surface area contributed by atoms with Crippen molar-refractivity contribution in [1.82, 2.24) is 0 Å². The van der Waals surface area contributed by atoms with Gasteiger partial charge in [0, 0.05) is 18.8 Å². The van der Waals surface area contributed by atoms with Crippen molar-refractivity contribution >= 4 is 0 Å². The summed E-state index contributed by atoms with van der Waals surface area (Å²) in [7, 11) is 0. The second-order valence-electron chi connectivity index (χ2n) is 5.14. The molecule has 14 heavy (non-hydrogen) atoms. The van der Waals surface area contributed by atoms with Crippen LogP contribution in [0.15, 0.2) is 0 Å². The first kappa shape index (κ1) is 10.4. The van der Waals surface area contributed by atoms with Crippen LogP contribution in [0.4, 0.5) is 0 Å². The third kappa shape index (κ3) is 1.96. The number of nitrogens with two attached hydrogens (primary N) is 1. The minimum absolute atomic E-state index is 0.157. The van der Waals surface area contributed by atoms with E-state index in [2.05, 4.69) is 6.92 Å². The molecule has 1 saturated heterocycles. The highest BCUT2D eigenvalue weighted by molar-refractivity contribution is 4.98. The molecule has 0 spiro atoms. The highest BCUT2D eigenvalue weighted by Crippen LogP contribution is 2.42. The summed E-state index contributed by atoms with van der Waals surface area (Å²) in [5, 5.41) is 0. The Morgan fingerprint density at radius 3 is 2.57 bits per heavy atom. The predicted molar refractivity (Wildman–Crippen MR) is 58.1 cm³/mol. The number of ether oxygens (including phenoxy) is 1. The standard InChI is InChI=1S/C12H23NO/c1-2-10-3-6-12(13,9-10)11-4-7-14-8-5-11/h10-11H,2-9,13H2,1H3. The van der Waals surface area contributed by atoms with Gasteiger partial charge >= 0.3 is 0 Å². The Kier molecular flexibility index (Phi) is 3.13. The van der Waals surface area contributed by atoms with E-state index in [9.17, 15) is 0 Å². The first-order chi connectivity index (χ1) is 6.74. The van der Waals surface area contributed by atoms with Crippen molar-refractivity contribution in [3.63, 3.8) is 0 Å². The fraction of sp³-hybridized carbons (Fsp3) is 1.00. The molecule has 2 rings (SSSR count). The van der Waals surface area contributed by atoms with Gasteiger partial charge in [0.2, 0.25) is 0 Å². The maximum atomic E-state index is 6.54. The van der Waals surface area contributed by atoms with Gasteiger partial charge in [-0.2, -0.15) is 0 Å². The van der Waals surface area contributed by atoms with Gasteiger partial charge in [0.05, 0.1) is 0 Å². The molecule has 2 aliphatic rings. The zero-order chi connectivity index (χ0) is 10.0. The molecular weight excluding hydrogens is 174 g/mol. The average molecular weight is 197 g/mol. The van der Waals surface area contributed by atoms with Crippen LogP contribution < -0.4 is 5.73 Å². The van der Waals surface area contributed by atoms with Crippen LogP contribution in [0, 0.1) is 11.8 Å². The molecule has 2 unspecified atom stereocenters. The van der Waals surface area contributed by atoms with Crippen LogP contribution in [-0.4, -0.2) is 18.8 Å². The van der Waals surface area contributed by atoms with Gasteiger partial charge in [-0.1, -0.05) is 13.3 Å². The molecule has 2 atom stereocenters. The van der Waals surface area contributed by atoms with Crippen LogP contribution in [0.25, 0.3) is 0 Å². The lowest BCUT2D eigenvalue weighted by Gasteiger charge is -2.37. The van der Waals surface area contributed by atoms with E-state index in [0.717, 1.165) is 25.0 Å². The maximum absolute atomic E-state index is 6.54. The van der Waals surface area contributed by atoms with Gasteiger partial charge in [-0.15, -0.1) is 0 Å². The van der Waals surface area contributed by atoms with Crippen molar-refractivity contribution in [1.29, 1.82) is 0 Å². The molecule has 82 valence electrons. The van der Waals surface area contributed by atoms with Crippen molar-refractivity contribution < 1.29 is 4.74 Å². The second kappa shape index (κ2) is 4.19. The molecule has 1 aliphatic heterocycles. The van der Waals surface area contributed by atoms with Crippen LogP contribution >= 0.6 is 0 Å². The molecule has 1 saturated carbocycles. The van der Waals surface area contributed by atoms with Gasteiger partial charge in [-0.05, 0) is 43.9 Å². The lowest BCUT2D eigenvalue weighted by molar-refractivity contribution is 0.0384. The van der Waals surface area contributed by atoms with Gasteiger partial charge in [-0.3, -0.25) is 0 Å². The second-order valence-corrected chi connectivity index (χ2v) is 5.14. The van der Waals surface area contributed by atoms with Crippen molar-refractivity contribution in [2.24, 2.45) is 17.6 Å². The first-order valence-corrected chi connectivity index (χ1v) is 6.11. The highest BCUT2D eigenvalue weighted by Gasteiger charge is 2.41. The van der Waals surface area contributed by atoms with Crippen molar-refractivity contribution in [2.45, 2.75) is 51.0 Å². The van der Waals surface area contributed by atoms with Gasteiger partial charge in [0.25, 0.3) is 0 Å². The Morgan fingerprint density at radius 2 is 2.00 bits per heavy atom. The summed E-state index contributed by atoms with van der Waals surface area (Å²) in [6.07, 6.45) is 7.54. The molecule has 2 nitrogen and oxygen atoms in total. The fourth-order valence-corrected chi connectivity index (χ4v) is 3.21. The lowest BCUT2D eigenvalue weighted by Crippen LogP contribution is -2.47. The van der Waals surface area contributed by atoms with E-state index >= 15 is 0 Å². The maximum Gasteiger partial charge on any atom is 0.0469 e. The normalized spacial score (nSPS) is 40.3. The van der Waals surface area contributed by atoms with Crippen LogP contribution in [0.1, 0.15) is 45.4 Å². The minimum atomic E-state index is 0.157. The van der Waals surface area contributed by atoms with Crippen molar-refractivity contribution in [3.05, 3.63) is 0 Å². The molecule has 0 aromatic heterocycles. The number of hydrogen-bond donors (Lipinski definition) is 1. The lowest BCUT2D eigenvalue weighted by atomic mass is 9.78. The number of rotatable bonds is 2. The van der Waals surface area contributed by atoms with Gasteiger partial charge in [0.1, 0.15) is 0 Å². The number of hydrogen-bond acceptors (Lipinski definition) is 2. The monoisotopic (exact) mass is 197 g/mol. The molecular formula is C12H23NO. The van der Waals surface area contributed by atoms with Gasteiger partial charge in [-0.25, -0.2) is 0 Å². The summed E-state index contributed by atoms with van der Waals surface area (Å²) in [5.41, 5.74) is 6.70. The third-order valence-electron chi connectivity index (χ3n) is 4.30. The van der Waals surface area contributed by atoms with E-state index < -0.39 is 0 Å². The van der Waals surface area contributed by atoms with Gasteiger partial charge < -0.3 is 10.5 Å². The summed E-state index contributed by atoms with van der Waals surface area (Å²) >= 11 is 0. The van der Waals surface area contributed by atoms with E-state index in [0.29, 0.717) is 0 Å². The highest BCUT2D eigenvalue weighted by atomic mass is 16.5. The largest absolute Gasteiger partial charge is 0.381 e. The molecule has 2 N–H and O–H groups in total. The van der Waals surface area contributed by atoms with E-state index in [1.807, 2.05) is 0 Å². The summed E-state index contributed by atoms with van der Waals surface area (Å²) in [5.74, 6) is 1.62. The molecule has 1 aliphatic carbocycles. The van der Waals surface area contributed by atoms with E-state index in [1.165, 1.54) is 38.5 Å². The summed E-state index contributed by atoms with van der Waals surface area (Å²) in [6.45, 7) is 4.15. The van der Waals surface area contributed by atoms with Gasteiger partial charge in [0.15, 0.2) is 0 Å². The van der Waals surface area contributed by atoms with Crippen LogP contribution in [-0.2, 0) is 4.74 Å². The minimum Gasteiger partial charge on any atom is -0.381 e. The molecule has 2 fully saturated rings. The van der Waals surface area contributed by atoms with Crippen LogP contribution in [0.3, 0.4) is 0 Å². The SMILES string of the molecule is CCC1CCC(N)(C2CCOCC2)C1. The molecule has 0 aromatic rings. The molecule has 0 radical (unpaired) electrons. The predicted octanol–water partition coefficient (Wildman–Crippen LogP) is 2.32. The van der Waals surface area contributed by atoms with Crippen molar-refractivity contribution in [3.8, 4) is 0 Å². The first-order valence-electron chi connectivity index (χ1n) is 6.11. The third-order valence-corrected chi connectivity index (χ3v) is 4.30. The summed E-state index contributed by atoms with van der Waals surface area (Å²) in [6, 6.07) is 0. The Morgan fingerprint density at radius 1 is 1.29 bits per heavy atom. The van der Waals surface area contributed by atoms with E-state index in [1.54, 1.807) is 0 Å². The Bertz CT molecular complexity index is 189. The quantitative estimate of drug-likeness (QED) is 0.737. The molecule has 0 bridgehead atoms. The Balaban J connectivity index is 1.94. The molecule has 0 amide bonds. The van der Waals surface area contributed by atoms with E-state index in [4.69, 9.17) is 10.5 Å². The summed E-state index contributed by atoms with van der Waals surface area (Å²) in [4.78, 5) is 0. The van der Waals surface area contributed by atoms with E-state index in [-0.39, 0.29) is 5.54 Å². The van der Waals surface area contributed by atoms with Crippen molar-refractivity contribution in [2.75, 3.05) is 13.2 Å². The Hall–Kier alpha value is -0.0800. The topological polar surface area (TPSA) is 35.2 Å². The summed E-state index contributed by atoms with van der Waals surface area (Å²) < 4.78 is 5.40. The fourth-order valence-electron chi connectivity index (χ4n) is 3.21. The molecule has 1 heterocycles. The van der Waals surface area contributed by atoms with Crippen LogP contribution in [0.2, 0.25) is 0 Å². The molecule has 0 aromatic carbocycles.